The average molecular weight is 294 g/mol. The minimum Gasteiger partial charge on any atom is -0.378 e. The maximum atomic E-state index is 12.4. The first-order chi connectivity index (χ1) is 10.6. The number of carbonyl (C=O) groups excluding carboxylic acids is 1. The molecule has 5 heteroatoms. The van der Waals surface area contributed by atoms with E-state index in [1.165, 1.54) is 0 Å². The standard InChI is InChI=1S/C17H18N4O/c1-20(2)13-8-6-7-12(11-13)16(22)19-17-18-14-9-4-5-10-15(14)21(17)3/h4-11H,1-3H3,(H,18,19,22). The number of hydrogen-bond acceptors (Lipinski definition) is 3. The molecule has 22 heavy (non-hydrogen) atoms. The van der Waals surface area contributed by atoms with Gasteiger partial charge in [0.2, 0.25) is 5.95 Å². The highest BCUT2D eigenvalue weighted by Crippen LogP contribution is 2.19. The minimum absolute atomic E-state index is 0.165. The van der Waals surface area contributed by atoms with Gasteiger partial charge in [0, 0.05) is 32.4 Å². The Morgan fingerprint density at radius 1 is 1.14 bits per heavy atom. The molecule has 0 aliphatic rings. The van der Waals surface area contributed by atoms with E-state index in [2.05, 4.69) is 10.3 Å². The van der Waals surface area contributed by atoms with Crippen LogP contribution in [0.2, 0.25) is 0 Å². The van der Waals surface area contributed by atoms with Crippen LogP contribution in [-0.4, -0.2) is 29.6 Å². The fourth-order valence-corrected chi connectivity index (χ4v) is 2.36. The number of hydrogen-bond donors (Lipinski definition) is 1. The van der Waals surface area contributed by atoms with Crippen molar-refractivity contribution in [3.8, 4) is 0 Å². The topological polar surface area (TPSA) is 50.2 Å². The number of imidazole rings is 1. The lowest BCUT2D eigenvalue weighted by Crippen LogP contribution is -2.16. The summed E-state index contributed by atoms with van der Waals surface area (Å²) < 4.78 is 1.88. The van der Waals surface area contributed by atoms with Crippen molar-refractivity contribution in [1.82, 2.24) is 9.55 Å². The lowest BCUT2D eigenvalue weighted by atomic mass is 10.2. The molecule has 0 saturated heterocycles. The molecule has 1 amide bonds. The molecule has 112 valence electrons. The van der Waals surface area contributed by atoms with Gasteiger partial charge in [-0.3, -0.25) is 10.1 Å². The summed E-state index contributed by atoms with van der Waals surface area (Å²) >= 11 is 0. The summed E-state index contributed by atoms with van der Waals surface area (Å²) in [5, 5.41) is 2.88. The van der Waals surface area contributed by atoms with Crippen LogP contribution < -0.4 is 10.2 Å². The van der Waals surface area contributed by atoms with Crippen molar-refractivity contribution in [3.05, 3.63) is 54.1 Å². The van der Waals surface area contributed by atoms with Gasteiger partial charge in [0.25, 0.3) is 5.91 Å². The normalized spacial score (nSPS) is 10.7. The van der Waals surface area contributed by atoms with Crippen LogP contribution in [0.25, 0.3) is 11.0 Å². The Morgan fingerprint density at radius 2 is 1.91 bits per heavy atom. The molecule has 3 rings (SSSR count). The number of carbonyl (C=O) groups is 1. The summed E-state index contributed by atoms with van der Waals surface area (Å²) in [6, 6.07) is 15.3. The lowest BCUT2D eigenvalue weighted by molar-refractivity contribution is 0.102. The molecule has 1 aromatic heterocycles. The fourth-order valence-electron chi connectivity index (χ4n) is 2.36. The summed E-state index contributed by atoms with van der Waals surface area (Å²) in [5.74, 6) is 0.378. The van der Waals surface area contributed by atoms with Gasteiger partial charge in [0.15, 0.2) is 0 Å². The van der Waals surface area contributed by atoms with Gasteiger partial charge < -0.3 is 9.47 Å². The summed E-state index contributed by atoms with van der Waals surface area (Å²) in [4.78, 5) is 18.9. The molecule has 0 spiro atoms. The zero-order valence-electron chi connectivity index (χ0n) is 12.9. The van der Waals surface area contributed by atoms with E-state index in [1.54, 1.807) is 6.07 Å². The largest absolute Gasteiger partial charge is 0.378 e. The van der Waals surface area contributed by atoms with E-state index in [-0.39, 0.29) is 5.91 Å². The molecule has 0 bridgehead atoms. The number of aryl methyl sites for hydroxylation is 1. The molecule has 0 aliphatic heterocycles. The van der Waals surface area contributed by atoms with E-state index < -0.39 is 0 Å². The van der Waals surface area contributed by atoms with Gasteiger partial charge in [-0.1, -0.05) is 18.2 Å². The Hall–Kier alpha value is -2.82. The second-order valence-electron chi connectivity index (χ2n) is 5.38. The van der Waals surface area contributed by atoms with Crippen molar-refractivity contribution in [2.45, 2.75) is 0 Å². The lowest BCUT2D eigenvalue weighted by Gasteiger charge is -2.13. The molecular weight excluding hydrogens is 276 g/mol. The fraction of sp³-hybridized carbons (Fsp3) is 0.176. The van der Waals surface area contributed by atoms with Crippen LogP contribution in [0, 0.1) is 0 Å². The van der Waals surface area contributed by atoms with E-state index >= 15 is 0 Å². The highest BCUT2D eigenvalue weighted by molar-refractivity contribution is 6.04. The summed E-state index contributed by atoms with van der Waals surface area (Å²) in [6.45, 7) is 0. The van der Waals surface area contributed by atoms with Crippen LogP contribution in [0.1, 0.15) is 10.4 Å². The van der Waals surface area contributed by atoms with E-state index in [9.17, 15) is 4.79 Å². The van der Waals surface area contributed by atoms with Crippen LogP contribution in [0.15, 0.2) is 48.5 Å². The molecule has 0 atom stereocenters. The molecule has 0 aliphatic carbocycles. The third-order valence-electron chi connectivity index (χ3n) is 3.64. The van der Waals surface area contributed by atoms with E-state index in [0.717, 1.165) is 16.7 Å². The predicted octanol–water partition coefficient (Wildman–Crippen LogP) is 2.89. The van der Waals surface area contributed by atoms with Gasteiger partial charge in [0.05, 0.1) is 11.0 Å². The number of rotatable bonds is 3. The highest BCUT2D eigenvalue weighted by atomic mass is 16.1. The second-order valence-corrected chi connectivity index (χ2v) is 5.38. The average Bonchev–Trinajstić information content (AvgIpc) is 2.84. The van der Waals surface area contributed by atoms with E-state index in [0.29, 0.717) is 11.5 Å². The maximum absolute atomic E-state index is 12.4. The molecule has 3 aromatic rings. The number of fused-ring (bicyclic) bond motifs is 1. The van der Waals surface area contributed by atoms with Crippen LogP contribution >= 0.6 is 0 Å². The SMILES string of the molecule is CN(C)c1cccc(C(=O)Nc2nc3ccccc3n2C)c1. The Morgan fingerprint density at radius 3 is 2.64 bits per heavy atom. The number of aromatic nitrogens is 2. The molecule has 0 saturated carbocycles. The van der Waals surface area contributed by atoms with Crippen molar-refractivity contribution in [1.29, 1.82) is 0 Å². The Bertz CT molecular complexity index is 836. The quantitative estimate of drug-likeness (QED) is 0.808. The molecule has 2 aromatic carbocycles. The molecule has 5 nitrogen and oxygen atoms in total. The number of amides is 1. The molecule has 0 fully saturated rings. The van der Waals surface area contributed by atoms with Crippen LogP contribution in [0.3, 0.4) is 0 Å². The van der Waals surface area contributed by atoms with Gasteiger partial charge in [-0.25, -0.2) is 4.98 Å². The number of para-hydroxylation sites is 2. The molecule has 0 unspecified atom stereocenters. The number of nitrogens with one attached hydrogen (secondary N) is 1. The van der Waals surface area contributed by atoms with Gasteiger partial charge in [-0.2, -0.15) is 0 Å². The molecular formula is C17H18N4O. The number of nitrogens with zero attached hydrogens (tertiary/aromatic N) is 3. The first kappa shape index (κ1) is 14.1. The second kappa shape index (κ2) is 5.52. The number of anilines is 2. The maximum Gasteiger partial charge on any atom is 0.258 e. The van der Waals surface area contributed by atoms with Crippen molar-refractivity contribution in [2.75, 3.05) is 24.3 Å². The molecule has 0 radical (unpaired) electrons. The van der Waals surface area contributed by atoms with Crippen LogP contribution in [0.5, 0.6) is 0 Å². The Kier molecular flexibility index (Phi) is 3.55. The third-order valence-corrected chi connectivity index (χ3v) is 3.64. The van der Waals surface area contributed by atoms with Crippen molar-refractivity contribution in [3.63, 3.8) is 0 Å². The van der Waals surface area contributed by atoms with Gasteiger partial charge >= 0.3 is 0 Å². The zero-order valence-corrected chi connectivity index (χ0v) is 12.9. The van der Waals surface area contributed by atoms with Crippen molar-refractivity contribution < 1.29 is 4.79 Å². The first-order valence-electron chi connectivity index (χ1n) is 7.06. The monoisotopic (exact) mass is 294 g/mol. The predicted molar refractivity (Wildman–Crippen MR) is 89.4 cm³/mol. The minimum atomic E-state index is -0.165. The summed E-state index contributed by atoms with van der Waals surface area (Å²) in [7, 11) is 5.78. The van der Waals surface area contributed by atoms with Crippen molar-refractivity contribution in [2.24, 2.45) is 7.05 Å². The van der Waals surface area contributed by atoms with Gasteiger partial charge in [0.1, 0.15) is 0 Å². The van der Waals surface area contributed by atoms with Crippen molar-refractivity contribution >= 4 is 28.6 Å². The summed E-state index contributed by atoms with van der Waals surface area (Å²) in [5.41, 5.74) is 3.44. The Labute approximate surface area is 129 Å². The van der Waals surface area contributed by atoms with E-state index in [4.69, 9.17) is 0 Å². The van der Waals surface area contributed by atoms with Gasteiger partial charge in [-0.15, -0.1) is 0 Å². The molecule has 1 N–H and O–H groups in total. The van der Waals surface area contributed by atoms with Crippen LogP contribution in [0.4, 0.5) is 11.6 Å². The van der Waals surface area contributed by atoms with Crippen LogP contribution in [-0.2, 0) is 7.05 Å². The first-order valence-corrected chi connectivity index (χ1v) is 7.06. The van der Waals surface area contributed by atoms with E-state index in [1.807, 2.05) is 73.1 Å². The van der Waals surface area contributed by atoms with Gasteiger partial charge in [-0.05, 0) is 30.3 Å². The summed E-state index contributed by atoms with van der Waals surface area (Å²) in [6.07, 6.45) is 0. The number of benzene rings is 2. The molecule has 1 heterocycles. The third kappa shape index (κ3) is 2.53. The highest BCUT2D eigenvalue weighted by Gasteiger charge is 2.12. The smallest absolute Gasteiger partial charge is 0.258 e. The Balaban J connectivity index is 1.90. The zero-order chi connectivity index (χ0) is 15.7.